The molecule has 7 heteroatoms. The molecular formula is C19H22N2O5. The van der Waals surface area contributed by atoms with E-state index in [1.54, 1.807) is 21.0 Å². The van der Waals surface area contributed by atoms with E-state index in [-0.39, 0.29) is 29.4 Å². The highest BCUT2D eigenvalue weighted by Crippen LogP contribution is 2.26. The summed E-state index contributed by atoms with van der Waals surface area (Å²) in [5, 5.41) is 0. The number of esters is 2. The predicted octanol–water partition coefficient (Wildman–Crippen LogP) is 2.12. The van der Waals surface area contributed by atoms with Gasteiger partial charge in [-0.1, -0.05) is 30.3 Å². The van der Waals surface area contributed by atoms with Crippen molar-refractivity contribution in [2.75, 3.05) is 28.3 Å². The van der Waals surface area contributed by atoms with E-state index in [0.29, 0.717) is 5.56 Å². The standard InChI is InChI=1S/C19H22N2O5/c1-12-14(18(23)25-4)16(19(24)26-5)21(15(12)17(22)20(2)3)11-13-9-7-6-8-10-13/h6-10H,11H2,1-5H3. The fourth-order valence-corrected chi connectivity index (χ4v) is 2.82. The van der Waals surface area contributed by atoms with Crippen molar-refractivity contribution in [2.45, 2.75) is 13.5 Å². The number of benzene rings is 1. The third kappa shape index (κ3) is 3.46. The van der Waals surface area contributed by atoms with E-state index in [1.165, 1.54) is 23.7 Å². The maximum atomic E-state index is 12.8. The van der Waals surface area contributed by atoms with Crippen LogP contribution in [0.5, 0.6) is 0 Å². The molecule has 0 saturated carbocycles. The summed E-state index contributed by atoms with van der Waals surface area (Å²) in [6.45, 7) is 1.86. The van der Waals surface area contributed by atoms with Gasteiger partial charge in [-0.25, -0.2) is 9.59 Å². The van der Waals surface area contributed by atoms with Crippen LogP contribution in [0, 0.1) is 6.92 Å². The molecule has 1 heterocycles. The minimum absolute atomic E-state index is 0.00547. The van der Waals surface area contributed by atoms with Crippen molar-refractivity contribution in [3.63, 3.8) is 0 Å². The van der Waals surface area contributed by atoms with Gasteiger partial charge in [0.25, 0.3) is 5.91 Å². The molecule has 0 spiro atoms. The van der Waals surface area contributed by atoms with Crippen molar-refractivity contribution in [3.05, 3.63) is 58.4 Å². The molecule has 2 rings (SSSR count). The van der Waals surface area contributed by atoms with Crippen molar-refractivity contribution >= 4 is 17.8 Å². The Morgan fingerprint density at radius 2 is 1.54 bits per heavy atom. The van der Waals surface area contributed by atoms with Gasteiger partial charge in [0.15, 0.2) is 0 Å². The average Bonchev–Trinajstić information content (AvgIpc) is 2.92. The van der Waals surface area contributed by atoms with Crippen molar-refractivity contribution in [3.8, 4) is 0 Å². The topological polar surface area (TPSA) is 77.8 Å². The molecule has 7 nitrogen and oxygen atoms in total. The van der Waals surface area contributed by atoms with Crippen LogP contribution in [0.1, 0.15) is 42.5 Å². The number of amides is 1. The second kappa shape index (κ2) is 7.86. The molecule has 0 fully saturated rings. The lowest BCUT2D eigenvalue weighted by Crippen LogP contribution is -2.26. The SMILES string of the molecule is COC(=O)c1c(C)c(C(=O)N(C)C)n(Cc2ccccc2)c1C(=O)OC. The van der Waals surface area contributed by atoms with Crippen molar-refractivity contribution in [1.82, 2.24) is 9.47 Å². The Bertz CT molecular complexity index is 837. The quantitative estimate of drug-likeness (QED) is 0.765. The third-order valence-corrected chi connectivity index (χ3v) is 4.07. The highest BCUT2D eigenvalue weighted by molar-refractivity contribution is 6.07. The number of aromatic nitrogens is 1. The summed E-state index contributed by atoms with van der Waals surface area (Å²) in [5.74, 6) is -1.72. The Morgan fingerprint density at radius 3 is 2.04 bits per heavy atom. The molecule has 0 N–H and O–H groups in total. The second-order valence-corrected chi connectivity index (χ2v) is 5.95. The van der Waals surface area contributed by atoms with Crippen LogP contribution >= 0.6 is 0 Å². The van der Waals surface area contributed by atoms with Gasteiger partial charge < -0.3 is 18.9 Å². The highest BCUT2D eigenvalue weighted by atomic mass is 16.5. The minimum Gasteiger partial charge on any atom is -0.465 e. The van der Waals surface area contributed by atoms with E-state index in [4.69, 9.17) is 9.47 Å². The molecule has 2 aromatic rings. The number of carbonyl (C=O) groups excluding carboxylic acids is 3. The maximum Gasteiger partial charge on any atom is 0.355 e. The van der Waals surface area contributed by atoms with Gasteiger partial charge in [-0.2, -0.15) is 0 Å². The van der Waals surface area contributed by atoms with Crippen LogP contribution in [0.15, 0.2) is 30.3 Å². The summed E-state index contributed by atoms with van der Waals surface area (Å²) >= 11 is 0. The monoisotopic (exact) mass is 358 g/mol. The lowest BCUT2D eigenvalue weighted by atomic mass is 10.1. The molecule has 0 aliphatic rings. The Labute approximate surface area is 152 Å². The largest absolute Gasteiger partial charge is 0.465 e. The number of ether oxygens (including phenoxy) is 2. The first kappa shape index (κ1) is 19.2. The van der Waals surface area contributed by atoms with Crippen LogP contribution in [0.2, 0.25) is 0 Å². The van der Waals surface area contributed by atoms with Gasteiger partial charge >= 0.3 is 11.9 Å². The van der Waals surface area contributed by atoms with E-state index >= 15 is 0 Å². The lowest BCUT2D eigenvalue weighted by Gasteiger charge is -2.16. The molecule has 0 atom stereocenters. The highest BCUT2D eigenvalue weighted by Gasteiger charge is 2.33. The molecule has 0 saturated heterocycles. The van der Waals surface area contributed by atoms with E-state index in [1.807, 2.05) is 30.3 Å². The zero-order valence-electron chi connectivity index (χ0n) is 15.5. The van der Waals surface area contributed by atoms with Crippen LogP contribution in [0.4, 0.5) is 0 Å². The van der Waals surface area contributed by atoms with Crippen LogP contribution in [0.3, 0.4) is 0 Å². The summed E-state index contributed by atoms with van der Waals surface area (Å²) < 4.78 is 11.2. The summed E-state index contributed by atoms with van der Waals surface area (Å²) in [7, 11) is 5.67. The average molecular weight is 358 g/mol. The van der Waals surface area contributed by atoms with Crippen molar-refractivity contribution in [1.29, 1.82) is 0 Å². The van der Waals surface area contributed by atoms with Crippen molar-refractivity contribution < 1.29 is 23.9 Å². The van der Waals surface area contributed by atoms with Crippen LogP contribution < -0.4 is 0 Å². The Kier molecular flexibility index (Phi) is 5.82. The van der Waals surface area contributed by atoms with Gasteiger partial charge in [0.2, 0.25) is 0 Å². The molecule has 0 radical (unpaired) electrons. The molecule has 1 aromatic carbocycles. The number of hydrogen-bond donors (Lipinski definition) is 0. The summed E-state index contributed by atoms with van der Waals surface area (Å²) in [4.78, 5) is 38.9. The zero-order chi connectivity index (χ0) is 19.4. The summed E-state index contributed by atoms with van der Waals surface area (Å²) in [6.07, 6.45) is 0. The minimum atomic E-state index is -0.706. The van der Waals surface area contributed by atoms with E-state index in [9.17, 15) is 14.4 Å². The van der Waals surface area contributed by atoms with Gasteiger partial charge in [-0.15, -0.1) is 0 Å². The fourth-order valence-electron chi connectivity index (χ4n) is 2.82. The summed E-state index contributed by atoms with van der Waals surface area (Å²) in [5.41, 5.74) is 1.55. The first-order valence-corrected chi connectivity index (χ1v) is 7.98. The molecule has 0 aliphatic heterocycles. The van der Waals surface area contributed by atoms with Gasteiger partial charge in [0.05, 0.1) is 19.8 Å². The number of rotatable bonds is 5. The van der Waals surface area contributed by atoms with Gasteiger partial charge in [-0.3, -0.25) is 4.79 Å². The number of carbonyl (C=O) groups is 3. The second-order valence-electron chi connectivity index (χ2n) is 5.95. The third-order valence-electron chi connectivity index (χ3n) is 4.07. The smallest absolute Gasteiger partial charge is 0.355 e. The molecule has 1 amide bonds. The molecule has 0 aliphatic carbocycles. The normalized spacial score (nSPS) is 10.3. The molecule has 0 bridgehead atoms. The summed E-state index contributed by atoms with van der Waals surface area (Å²) in [6, 6.07) is 9.34. The Morgan fingerprint density at radius 1 is 0.962 bits per heavy atom. The van der Waals surface area contributed by atoms with E-state index in [2.05, 4.69) is 0 Å². The zero-order valence-corrected chi connectivity index (χ0v) is 15.5. The molecule has 26 heavy (non-hydrogen) atoms. The molecule has 138 valence electrons. The van der Waals surface area contributed by atoms with Crippen LogP contribution in [-0.4, -0.2) is 55.6 Å². The van der Waals surface area contributed by atoms with E-state index in [0.717, 1.165) is 5.56 Å². The maximum absolute atomic E-state index is 12.8. The van der Waals surface area contributed by atoms with E-state index < -0.39 is 11.9 Å². The molecular weight excluding hydrogens is 336 g/mol. The van der Waals surface area contributed by atoms with Gasteiger partial charge in [0.1, 0.15) is 11.4 Å². The molecule has 1 aromatic heterocycles. The predicted molar refractivity (Wildman–Crippen MR) is 95.4 cm³/mol. The van der Waals surface area contributed by atoms with Crippen LogP contribution in [0.25, 0.3) is 0 Å². The first-order chi connectivity index (χ1) is 12.3. The fraction of sp³-hybridized carbons (Fsp3) is 0.316. The lowest BCUT2D eigenvalue weighted by molar-refractivity contribution is 0.0547. The van der Waals surface area contributed by atoms with Crippen molar-refractivity contribution in [2.24, 2.45) is 0 Å². The number of hydrogen-bond acceptors (Lipinski definition) is 5. The first-order valence-electron chi connectivity index (χ1n) is 7.98. The number of methoxy groups -OCH3 is 2. The Balaban J connectivity index is 2.80. The van der Waals surface area contributed by atoms with Gasteiger partial charge in [0, 0.05) is 20.6 Å². The van der Waals surface area contributed by atoms with Gasteiger partial charge in [-0.05, 0) is 18.1 Å². The Hall–Kier alpha value is -3.09. The molecule has 0 unspecified atom stereocenters. The number of nitrogens with zero attached hydrogens (tertiary/aromatic N) is 2. The van der Waals surface area contributed by atoms with Crippen LogP contribution in [-0.2, 0) is 16.0 Å².